The van der Waals surface area contributed by atoms with E-state index in [1.807, 2.05) is 66.0 Å². The number of allylic oxidation sites excluding steroid dienone is 1. The van der Waals surface area contributed by atoms with E-state index < -0.39 is 0 Å². The molecule has 0 saturated heterocycles. The van der Waals surface area contributed by atoms with Crippen LogP contribution in [0, 0.1) is 0 Å². The third-order valence-corrected chi connectivity index (χ3v) is 13.5. The van der Waals surface area contributed by atoms with Gasteiger partial charge in [-0.25, -0.2) is 0 Å². The summed E-state index contributed by atoms with van der Waals surface area (Å²) in [5.74, 6) is 0. The van der Waals surface area contributed by atoms with Crippen LogP contribution in [0.1, 0.15) is 22.3 Å². The third kappa shape index (κ3) is 4.95. The zero-order valence-electron chi connectivity index (χ0n) is 28.2. The first-order valence-corrected chi connectivity index (χ1v) is 19.2. The van der Waals surface area contributed by atoms with Crippen molar-refractivity contribution in [3.8, 4) is 22.3 Å². The lowest BCUT2D eigenvalue weighted by Crippen LogP contribution is -2.12. The van der Waals surface area contributed by atoms with Gasteiger partial charge in [0.15, 0.2) is 0 Å². The second-order valence-electron chi connectivity index (χ2n) is 13.2. The van der Waals surface area contributed by atoms with E-state index in [1.54, 1.807) is 0 Å². The fourth-order valence-corrected chi connectivity index (χ4v) is 11.3. The summed E-state index contributed by atoms with van der Waals surface area (Å²) in [5, 5.41) is 2.53. The average molecular weight is 704 g/mol. The minimum atomic E-state index is -0.236. The SMILES string of the molecule is NC(=CC(=NCn1c2cc(-c3ccccc3)ccc2c2c3c(ccc21)SC1(S3)c2ccccc2-c2ccccc21)c1ccccc1)c1ccccc1. The topological polar surface area (TPSA) is 43.3 Å². The van der Waals surface area contributed by atoms with E-state index in [9.17, 15) is 0 Å². The molecule has 0 radical (unpaired) electrons. The maximum Gasteiger partial charge on any atom is 0.122 e. The van der Waals surface area contributed by atoms with E-state index in [-0.39, 0.29) is 4.08 Å². The largest absolute Gasteiger partial charge is 0.398 e. The molecule has 0 atom stereocenters. The van der Waals surface area contributed by atoms with Crippen molar-refractivity contribution in [1.82, 2.24) is 4.57 Å². The average Bonchev–Trinajstić information content (AvgIpc) is 3.85. The number of nitrogens with zero attached hydrogens (tertiary/aromatic N) is 2. The Kier molecular flexibility index (Phi) is 7.45. The van der Waals surface area contributed by atoms with E-state index >= 15 is 0 Å². The van der Waals surface area contributed by atoms with Crippen LogP contribution in [0.3, 0.4) is 0 Å². The van der Waals surface area contributed by atoms with Crippen molar-refractivity contribution in [1.29, 1.82) is 0 Å². The van der Waals surface area contributed by atoms with Gasteiger partial charge in [-0.3, -0.25) is 4.99 Å². The molecule has 8 aromatic rings. The molecule has 2 N–H and O–H groups in total. The first kappa shape index (κ1) is 31.0. The summed E-state index contributed by atoms with van der Waals surface area (Å²) in [6, 6.07) is 60.6. The second kappa shape index (κ2) is 12.5. The van der Waals surface area contributed by atoms with E-state index in [0.717, 1.165) is 16.8 Å². The van der Waals surface area contributed by atoms with Crippen LogP contribution in [0.25, 0.3) is 49.8 Å². The number of aliphatic imine (C=N–C) groups is 1. The number of aromatic nitrogens is 1. The monoisotopic (exact) mass is 703 g/mol. The Balaban J connectivity index is 1.17. The predicted molar refractivity (Wildman–Crippen MR) is 221 cm³/mol. The highest BCUT2D eigenvalue weighted by molar-refractivity contribution is 8.20. The molecule has 5 heteroatoms. The van der Waals surface area contributed by atoms with Crippen molar-refractivity contribution in [3.05, 3.63) is 198 Å². The second-order valence-corrected chi connectivity index (χ2v) is 16.0. The minimum Gasteiger partial charge on any atom is -0.398 e. The van der Waals surface area contributed by atoms with Crippen LogP contribution in [0.15, 0.2) is 191 Å². The van der Waals surface area contributed by atoms with Crippen LogP contribution in [0.4, 0.5) is 0 Å². The van der Waals surface area contributed by atoms with E-state index in [1.165, 1.54) is 65.0 Å². The molecule has 10 rings (SSSR count). The molecular formula is C47H33N3S2. The summed E-state index contributed by atoms with van der Waals surface area (Å²) in [7, 11) is 0. The smallest absolute Gasteiger partial charge is 0.122 e. The van der Waals surface area contributed by atoms with Gasteiger partial charge in [0.25, 0.3) is 0 Å². The molecule has 0 bridgehead atoms. The lowest BCUT2D eigenvalue weighted by Gasteiger charge is -2.24. The quantitative estimate of drug-likeness (QED) is 0.175. The third-order valence-electron chi connectivity index (χ3n) is 10.3. The van der Waals surface area contributed by atoms with E-state index in [0.29, 0.717) is 12.4 Å². The summed E-state index contributed by atoms with van der Waals surface area (Å²) in [5.41, 5.74) is 20.4. The van der Waals surface area contributed by atoms with Crippen LogP contribution in [0.2, 0.25) is 0 Å². The first-order chi connectivity index (χ1) is 25.7. The Labute approximate surface area is 311 Å². The Bertz CT molecular complexity index is 2670. The lowest BCUT2D eigenvalue weighted by atomic mass is 10.0. The normalized spacial score (nSPS) is 14.5. The van der Waals surface area contributed by atoms with Gasteiger partial charge in [-0.05, 0) is 68.8 Å². The molecule has 1 spiro atoms. The van der Waals surface area contributed by atoms with Crippen LogP contribution in [-0.4, -0.2) is 10.3 Å². The highest BCUT2D eigenvalue weighted by Crippen LogP contribution is 2.70. The Hall–Kier alpha value is -5.75. The van der Waals surface area contributed by atoms with E-state index in [4.69, 9.17) is 10.7 Å². The van der Waals surface area contributed by atoms with Gasteiger partial charge in [0.2, 0.25) is 0 Å². The maximum atomic E-state index is 6.70. The van der Waals surface area contributed by atoms with Gasteiger partial charge in [-0.2, -0.15) is 0 Å². The summed E-state index contributed by atoms with van der Waals surface area (Å²) < 4.78 is 2.15. The van der Waals surface area contributed by atoms with Crippen molar-refractivity contribution in [3.63, 3.8) is 0 Å². The van der Waals surface area contributed by atoms with Crippen molar-refractivity contribution < 1.29 is 0 Å². The van der Waals surface area contributed by atoms with Gasteiger partial charge in [0.1, 0.15) is 10.7 Å². The molecule has 52 heavy (non-hydrogen) atoms. The van der Waals surface area contributed by atoms with Crippen molar-refractivity contribution >= 4 is 56.7 Å². The molecule has 3 nitrogen and oxygen atoms in total. The molecule has 2 aliphatic rings. The maximum absolute atomic E-state index is 6.70. The van der Waals surface area contributed by atoms with Crippen molar-refractivity contribution in [2.24, 2.45) is 10.7 Å². The summed E-state index contributed by atoms with van der Waals surface area (Å²) in [6.07, 6.45) is 2.01. The Morgan fingerprint density at radius 3 is 1.90 bits per heavy atom. The molecule has 0 saturated carbocycles. The fraction of sp³-hybridized carbons (Fsp3) is 0.0426. The number of rotatable bonds is 6. The van der Waals surface area contributed by atoms with Gasteiger partial charge >= 0.3 is 0 Å². The molecule has 7 aromatic carbocycles. The zero-order valence-corrected chi connectivity index (χ0v) is 29.9. The van der Waals surface area contributed by atoms with Crippen LogP contribution < -0.4 is 5.73 Å². The molecule has 0 fully saturated rings. The first-order valence-electron chi connectivity index (χ1n) is 17.5. The van der Waals surface area contributed by atoms with Crippen molar-refractivity contribution in [2.45, 2.75) is 20.5 Å². The van der Waals surface area contributed by atoms with Crippen LogP contribution >= 0.6 is 23.5 Å². The van der Waals surface area contributed by atoms with Gasteiger partial charge < -0.3 is 10.3 Å². The van der Waals surface area contributed by atoms with Crippen molar-refractivity contribution in [2.75, 3.05) is 0 Å². The summed E-state index contributed by atoms with van der Waals surface area (Å²) in [4.78, 5) is 8.00. The number of nitrogens with two attached hydrogens (primary N) is 1. The highest BCUT2D eigenvalue weighted by atomic mass is 32.2. The molecule has 0 unspecified atom stereocenters. The highest BCUT2D eigenvalue weighted by Gasteiger charge is 2.49. The van der Waals surface area contributed by atoms with Gasteiger partial charge in [0, 0.05) is 26.3 Å². The van der Waals surface area contributed by atoms with Gasteiger partial charge in [-0.1, -0.05) is 175 Å². The molecule has 2 heterocycles. The molecule has 1 aliphatic carbocycles. The van der Waals surface area contributed by atoms with Crippen LogP contribution in [-0.2, 0) is 10.7 Å². The lowest BCUT2D eigenvalue weighted by molar-refractivity contribution is 0.793. The Morgan fingerprint density at radius 2 is 1.21 bits per heavy atom. The number of benzene rings is 7. The molecule has 1 aromatic heterocycles. The molecule has 1 aliphatic heterocycles. The minimum absolute atomic E-state index is 0.236. The summed E-state index contributed by atoms with van der Waals surface area (Å²) in [6.45, 7) is 0.439. The number of thioether (sulfide) groups is 2. The fourth-order valence-electron chi connectivity index (χ4n) is 7.81. The predicted octanol–water partition coefficient (Wildman–Crippen LogP) is 12.0. The number of hydrogen-bond acceptors (Lipinski definition) is 4. The van der Waals surface area contributed by atoms with E-state index in [2.05, 4.69) is 138 Å². The standard InChI is InChI=1S/C47H33N3S2/c48-40(32-16-6-2-7-17-32)29-41(33-18-8-3-9-19-33)49-30-50-42-26-27-44-46(45(42)37-25-24-34(28-43(37)50)31-14-4-1-5-15-31)52-47(51-44)38-22-12-10-20-35(38)36-21-11-13-23-39(36)47/h1-29H,30,48H2. The zero-order chi connectivity index (χ0) is 34.6. The number of fused-ring (bicyclic) bond motifs is 10. The Morgan fingerprint density at radius 1 is 0.596 bits per heavy atom. The summed E-state index contributed by atoms with van der Waals surface area (Å²) >= 11 is 3.99. The molecule has 248 valence electrons. The number of hydrogen-bond donors (Lipinski definition) is 1. The molecular weight excluding hydrogens is 671 g/mol. The molecule has 0 amide bonds. The van der Waals surface area contributed by atoms with Gasteiger partial charge in [-0.15, -0.1) is 0 Å². The van der Waals surface area contributed by atoms with Gasteiger partial charge in [0.05, 0.1) is 16.7 Å². The van der Waals surface area contributed by atoms with Crippen LogP contribution in [0.5, 0.6) is 0 Å².